The van der Waals surface area contributed by atoms with Gasteiger partial charge in [-0.05, 0) is 26.0 Å². The summed E-state index contributed by atoms with van der Waals surface area (Å²) in [6, 6.07) is 5.00. The predicted molar refractivity (Wildman–Crippen MR) is 70.4 cm³/mol. The molecule has 1 heterocycles. The maximum absolute atomic E-state index is 11.2. The molecular weight excluding hydrogens is 256 g/mol. The van der Waals surface area contributed by atoms with Crippen molar-refractivity contribution in [1.82, 2.24) is 0 Å². The first-order valence-corrected chi connectivity index (χ1v) is 6.09. The fourth-order valence-electron chi connectivity index (χ4n) is 2.21. The van der Waals surface area contributed by atoms with E-state index in [1.54, 1.807) is 12.1 Å². The van der Waals surface area contributed by atoms with Gasteiger partial charge in [-0.3, -0.25) is 10.1 Å². The van der Waals surface area contributed by atoms with Crippen LogP contribution in [-0.4, -0.2) is 30.2 Å². The van der Waals surface area contributed by atoms with Gasteiger partial charge >= 0.3 is 5.69 Å². The molecule has 0 atom stereocenters. The first-order chi connectivity index (χ1) is 8.43. The number of rotatable bonds is 2. The third-order valence-corrected chi connectivity index (χ3v) is 3.39. The van der Waals surface area contributed by atoms with E-state index in [0.717, 1.165) is 0 Å². The molecule has 1 aromatic carbocycles. The normalized spacial score (nSPS) is 18.7. The Balaban J connectivity index is 2.50. The number of morpholine rings is 1. The second kappa shape index (κ2) is 4.74. The van der Waals surface area contributed by atoms with Crippen molar-refractivity contribution in [2.24, 2.45) is 0 Å². The third kappa shape index (κ3) is 2.28. The lowest BCUT2D eigenvalue weighted by Gasteiger charge is -2.43. The van der Waals surface area contributed by atoms with E-state index in [2.05, 4.69) is 0 Å². The highest BCUT2D eigenvalue weighted by atomic mass is 35.5. The summed E-state index contributed by atoms with van der Waals surface area (Å²) in [7, 11) is 0. The smallest absolute Gasteiger partial charge is 0.310 e. The number of nitro groups is 1. The molecule has 0 N–H and O–H groups in total. The zero-order valence-electron chi connectivity index (χ0n) is 10.4. The van der Waals surface area contributed by atoms with Crippen LogP contribution in [0, 0.1) is 10.1 Å². The highest BCUT2D eigenvalue weighted by Crippen LogP contribution is 2.38. The predicted octanol–water partition coefficient (Wildman–Crippen LogP) is 2.86. The molecule has 5 nitrogen and oxygen atoms in total. The van der Waals surface area contributed by atoms with E-state index in [9.17, 15) is 10.1 Å². The number of ether oxygens (including phenoxy) is 1. The van der Waals surface area contributed by atoms with Gasteiger partial charge in [-0.25, -0.2) is 0 Å². The number of para-hydroxylation sites is 1. The maximum Gasteiger partial charge on any atom is 0.310 e. The Morgan fingerprint density at radius 1 is 1.50 bits per heavy atom. The van der Waals surface area contributed by atoms with Crippen LogP contribution in [0.15, 0.2) is 18.2 Å². The molecule has 0 aliphatic carbocycles. The van der Waals surface area contributed by atoms with Crippen LogP contribution in [0.3, 0.4) is 0 Å². The van der Waals surface area contributed by atoms with Crippen molar-refractivity contribution >= 4 is 23.0 Å². The summed E-state index contributed by atoms with van der Waals surface area (Å²) < 4.78 is 5.42. The standard InChI is InChI=1S/C12H15ClN2O3/c1-12(2)8-18-7-6-14(12)10-5-3-4-9(13)11(10)15(16)17/h3-5H,6-8H2,1-2H3. The van der Waals surface area contributed by atoms with Gasteiger partial charge in [-0.1, -0.05) is 17.7 Å². The molecule has 0 aromatic heterocycles. The number of hydrogen-bond acceptors (Lipinski definition) is 4. The topological polar surface area (TPSA) is 55.6 Å². The molecule has 98 valence electrons. The highest BCUT2D eigenvalue weighted by molar-refractivity contribution is 6.33. The van der Waals surface area contributed by atoms with E-state index in [0.29, 0.717) is 25.4 Å². The molecular formula is C12H15ClN2O3. The SMILES string of the molecule is CC1(C)COCCN1c1cccc(Cl)c1[N+](=O)[O-]. The van der Waals surface area contributed by atoms with Crippen molar-refractivity contribution in [2.75, 3.05) is 24.7 Å². The highest BCUT2D eigenvalue weighted by Gasteiger charge is 2.35. The van der Waals surface area contributed by atoms with Crippen molar-refractivity contribution in [1.29, 1.82) is 0 Å². The largest absolute Gasteiger partial charge is 0.377 e. The van der Waals surface area contributed by atoms with Crippen LogP contribution in [-0.2, 0) is 4.74 Å². The van der Waals surface area contributed by atoms with Crippen molar-refractivity contribution in [3.05, 3.63) is 33.3 Å². The van der Waals surface area contributed by atoms with E-state index in [1.165, 1.54) is 6.07 Å². The summed E-state index contributed by atoms with van der Waals surface area (Å²) in [5.74, 6) is 0. The Kier molecular flexibility index (Phi) is 3.45. The van der Waals surface area contributed by atoms with Gasteiger partial charge in [0, 0.05) is 6.54 Å². The number of nitrogens with zero attached hydrogens (tertiary/aromatic N) is 2. The third-order valence-electron chi connectivity index (χ3n) is 3.08. The fraction of sp³-hybridized carbons (Fsp3) is 0.500. The number of benzene rings is 1. The van der Waals surface area contributed by atoms with Gasteiger partial charge in [0.05, 0.1) is 23.7 Å². The second-order valence-corrected chi connectivity index (χ2v) is 5.29. The zero-order chi connectivity index (χ0) is 13.3. The van der Waals surface area contributed by atoms with E-state index in [-0.39, 0.29) is 16.2 Å². The molecule has 1 aliphatic rings. The molecule has 1 saturated heterocycles. The van der Waals surface area contributed by atoms with E-state index < -0.39 is 4.92 Å². The molecule has 2 rings (SSSR count). The monoisotopic (exact) mass is 270 g/mol. The van der Waals surface area contributed by atoms with E-state index in [4.69, 9.17) is 16.3 Å². The quantitative estimate of drug-likeness (QED) is 0.612. The molecule has 0 bridgehead atoms. The lowest BCUT2D eigenvalue weighted by atomic mass is 10.0. The summed E-state index contributed by atoms with van der Waals surface area (Å²) in [6.07, 6.45) is 0. The van der Waals surface area contributed by atoms with Crippen LogP contribution in [0.2, 0.25) is 5.02 Å². The van der Waals surface area contributed by atoms with Gasteiger partial charge in [-0.2, -0.15) is 0 Å². The minimum absolute atomic E-state index is 0.0332. The summed E-state index contributed by atoms with van der Waals surface area (Å²) in [6.45, 7) is 5.71. The van der Waals surface area contributed by atoms with Crippen LogP contribution >= 0.6 is 11.6 Å². The van der Waals surface area contributed by atoms with Gasteiger partial charge in [0.2, 0.25) is 0 Å². The minimum Gasteiger partial charge on any atom is -0.377 e. The number of nitro benzene ring substituents is 1. The molecule has 0 amide bonds. The Labute approximate surface area is 110 Å². The van der Waals surface area contributed by atoms with Crippen molar-refractivity contribution in [3.8, 4) is 0 Å². The second-order valence-electron chi connectivity index (χ2n) is 4.88. The van der Waals surface area contributed by atoms with Crippen molar-refractivity contribution < 1.29 is 9.66 Å². The van der Waals surface area contributed by atoms with Crippen LogP contribution < -0.4 is 4.90 Å². The number of halogens is 1. The van der Waals surface area contributed by atoms with E-state index >= 15 is 0 Å². The Hall–Kier alpha value is -1.33. The Morgan fingerprint density at radius 2 is 2.22 bits per heavy atom. The first-order valence-electron chi connectivity index (χ1n) is 5.72. The molecule has 18 heavy (non-hydrogen) atoms. The average Bonchev–Trinajstić information content (AvgIpc) is 2.27. The van der Waals surface area contributed by atoms with Gasteiger partial charge in [-0.15, -0.1) is 0 Å². The lowest BCUT2D eigenvalue weighted by molar-refractivity contribution is -0.384. The molecule has 0 spiro atoms. The molecule has 1 fully saturated rings. The summed E-state index contributed by atoms with van der Waals surface area (Å²) in [5.41, 5.74) is 0.239. The fourth-order valence-corrected chi connectivity index (χ4v) is 2.45. The average molecular weight is 271 g/mol. The first kappa shape index (κ1) is 13.1. The molecule has 1 aliphatic heterocycles. The van der Waals surface area contributed by atoms with Gasteiger partial charge in [0.25, 0.3) is 0 Å². The molecule has 6 heteroatoms. The van der Waals surface area contributed by atoms with Crippen LogP contribution in [0.1, 0.15) is 13.8 Å². The maximum atomic E-state index is 11.2. The molecule has 1 aromatic rings. The van der Waals surface area contributed by atoms with Gasteiger partial charge in [0.15, 0.2) is 0 Å². The van der Waals surface area contributed by atoms with Crippen LogP contribution in [0.25, 0.3) is 0 Å². The number of hydrogen-bond donors (Lipinski definition) is 0. The Bertz CT molecular complexity index is 476. The van der Waals surface area contributed by atoms with E-state index in [1.807, 2.05) is 18.7 Å². The van der Waals surface area contributed by atoms with Crippen LogP contribution in [0.5, 0.6) is 0 Å². The molecule has 0 saturated carbocycles. The molecule has 0 radical (unpaired) electrons. The Morgan fingerprint density at radius 3 is 2.83 bits per heavy atom. The lowest BCUT2D eigenvalue weighted by Crippen LogP contribution is -2.53. The van der Waals surface area contributed by atoms with Crippen LogP contribution in [0.4, 0.5) is 11.4 Å². The summed E-state index contributed by atoms with van der Waals surface area (Å²) in [5, 5.41) is 11.3. The van der Waals surface area contributed by atoms with Gasteiger partial charge in [0.1, 0.15) is 10.7 Å². The minimum atomic E-state index is -0.427. The van der Waals surface area contributed by atoms with Crippen molar-refractivity contribution in [2.45, 2.75) is 19.4 Å². The van der Waals surface area contributed by atoms with Crippen molar-refractivity contribution in [3.63, 3.8) is 0 Å². The summed E-state index contributed by atoms with van der Waals surface area (Å²) >= 11 is 5.94. The van der Waals surface area contributed by atoms with Gasteiger partial charge < -0.3 is 9.64 Å². The zero-order valence-corrected chi connectivity index (χ0v) is 11.1. The summed E-state index contributed by atoms with van der Waals surface area (Å²) in [4.78, 5) is 12.7. The number of anilines is 1. The molecule has 0 unspecified atom stereocenters.